The molecule has 1 N–H and O–H groups in total. The summed E-state index contributed by atoms with van der Waals surface area (Å²) in [5, 5.41) is 8.99. The molecule has 0 radical (unpaired) electrons. The highest BCUT2D eigenvalue weighted by Gasteiger charge is 2.45. The molecule has 0 saturated carbocycles. The number of esters is 1. The summed E-state index contributed by atoms with van der Waals surface area (Å²) < 4.78 is 4.47. The maximum atomic E-state index is 11.4. The van der Waals surface area contributed by atoms with Gasteiger partial charge in [0, 0.05) is 0 Å². The predicted molar refractivity (Wildman–Crippen MR) is 51.7 cm³/mol. The second-order valence-electron chi connectivity index (χ2n) is 2.86. The van der Waals surface area contributed by atoms with Gasteiger partial charge in [-0.2, -0.15) is 0 Å². The number of carbonyl (C=O) groups excluding carboxylic acids is 1. The predicted octanol–water partition coefficient (Wildman–Crippen LogP) is 1.38. The number of allylic oxidation sites excluding steroid dienone is 2. The molecule has 0 saturated heterocycles. The van der Waals surface area contributed by atoms with Crippen molar-refractivity contribution in [1.29, 1.82) is 0 Å². The second kappa shape index (κ2) is 5.21. The van der Waals surface area contributed by atoms with Crippen molar-refractivity contribution in [2.75, 3.05) is 7.11 Å². The molecule has 0 fully saturated rings. The number of aliphatic carboxylic acids is 1. The van der Waals surface area contributed by atoms with Crippen molar-refractivity contribution in [2.24, 2.45) is 5.41 Å². The Bertz CT molecular complexity index is 245. The largest absolute Gasteiger partial charge is 0.480 e. The standard InChI is InChI=1S/C10H14O4/c1-4-6-10(7-5-2,8(11)12)9(13)14-3/h4-5H,1-2,6-7H2,3H3,(H,11,12). The third-order valence-electron chi connectivity index (χ3n) is 1.97. The minimum atomic E-state index is -1.57. The van der Waals surface area contributed by atoms with Gasteiger partial charge >= 0.3 is 11.9 Å². The highest BCUT2D eigenvalue weighted by atomic mass is 16.5. The average molecular weight is 198 g/mol. The Kier molecular flexibility index (Phi) is 4.63. The fourth-order valence-electron chi connectivity index (χ4n) is 1.20. The van der Waals surface area contributed by atoms with Crippen LogP contribution in [-0.2, 0) is 14.3 Å². The zero-order valence-electron chi connectivity index (χ0n) is 8.16. The van der Waals surface area contributed by atoms with Crippen LogP contribution >= 0.6 is 0 Å². The molecule has 0 aliphatic heterocycles. The summed E-state index contributed by atoms with van der Waals surface area (Å²) in [6, 6.07) is 0. The zero-order valence-corrected chi connectivity index (χ0v) is 8.16. The van der Waals surface area contributed by atoms with E-state index in [1.165, 1.54) is 12.2 Å². The number of carboxylic acids is 1. The molecule has 0 aliphatic carbocycles. The Balaban J connectivity index is 5.11. The molecule has 4 nitrogen and oxygen atoms in total. The Morgan fingerprint density at radius 3 is 2.00 bits per heavy atom. The SMILES string of the molecule is C=CCC(CC=C)(C(=O)O)C(=O)OC. The zero-order chi connectivity index (χ0) is 11.2. The quantitative estimate of drug-likeness (QED) is 0.398. The molecule has 0 spiro atoms. The first-order valence-corrected chi connectivity index (χ1v) is 4.08. The first-order valence-electron chi connectivity index (χ1n) is 4.08. The molecule has 0 aromatic rings. The van der Waals surface area contributed by atoms with Gasteiger partial charge in [0.1, 0.15) is 0 Å². The summed E-state index contributed by atoms with van der Waals surface area (Å²) in [4.78, 5) is 22.4. The van der Waals surface area contributed by atoms with Crippen molar-refractivity contribution in [3.63, 3.8) is 0 Å². The van der Waals surface area contributed by atoms with Crippen LogP contribution in [0.25, 0.3) is 0 Å². The molecule has 0 amide bonds. The number of rotatable bonds is 6. The molecule has 14 heavy (non-hydrogen) atoms. The monoisotopic (exact) mass is 198 g/mol. The van der Waals surface area contributed by atoms with Crippen LogP contribution in [-0.4, -0.2) is 24.2 Å². The van der Waals surface area contributed by atoms with E-state index in [1.807, 2.05) is 0 Å². The van der Waals surface area contributed by atoms with Gasteiger partial charge in [0.2, 0.25) is 0 Å². The van der Waals surface area contributed by atoms with Crippen LogP contribution in [0, 0.1) is 5.41 Å². The van der Waals surface area contributed by atoms with Crippen molar-refractivity contribution in [3.8, 4) is 0 Å². The highest BCUT2D eigenvalue weighted by Crippen LogP contribution is 2.29. The van der Waals surface area contributed by atoms with E-state index in [0.29, 0.717) is 0 Å². The summed E-state index contributed by atoms with van der Waals surface area (Å²) in [6.07, 6.45) is 2.82. The number of hydrogen-bond acceptors (Lipinski definition) is 3. The van der Waals surface area contributed by atoms with Gasteiger partial charge in [-0.15, -0.1) is 13.2 Å². The van der Waals surface area contributed by atoms with Gasteiger partial charge in [-0.3, -0.25) is 9.59 Å². The number of carbonyl (C=O) groups is 2. The molecule has 0 bridgehead atoms. The third kappa shape index (κ3) is 2.22. The molecule has 0 atom stereocenters. The summed E-state index contributed by atoms with van der Waals surface area (Å²) in [5.74, 6) is -1.99. The van der Waals surface area contributed by atoms with Crippen LogP contribution in [0.5, 0.6) is 0 Å². The van der Waals surface area contributed by atoms with Crippen molar-refractivity contribution >= 4 is 11.9 Å². The molecular weight excluding hydrogens is 184 g/mol. The maximum Gasteiger partial charge on any atom is 0.323 e. The molecule has 0 aliphatic rings. The van der Waals surface area contributed by atoms with Crippen molar-refractivity contribution in [1.82, 2.24) is 0 Å². The van der Waals surface area contributed by atoms with Gasteiger partial charge in [-0.25, -0.2) is 0 Å². The van der Waals surface area contributed by atoms with Crippen molar-refractivity contribution in [3.05, 3.63) is 25.3 Å². The van der Waals surface area contributed by atoms with Gasteiger partial charge in [0.25, 0.3) is 0 Å². The van der Waals surface area contributed by atoms with E-state index >= 15 is 0 Å². The lowest BCUT2D eigenvalue weighted by Crippen LogP contribution is -2.39. The first kappa shape index (κ1) is 12.4. The van der Waals surface area contributed by atoms with Gasteiger partial charge < -0.3 is 9.84 Å². The van der Waals surface area contributed by atoms with Gasteiger partial charge in [0.05, 0.1) is 7.11 Å². The van der Waals surface area contributed by atoms with E-state index in [0.717, 1.165) is 7.11 Å². The Labute approximate surface area is 82.9 Å². The van der Waals surface area contributed by atoms with Crippen LogP contribution in [0.2, 0.25) is 0 Å². The molecular formula is C10H14O4. The van der Waals surface area contributed by atoms with Gasteiger partial charge in [-0.05, 0) is 12.8 Å². The van der Waals surface area contributed by atoms with E-state index in [1.54, 1.807) is 0 Å². The lowest BCUT2D eigenvalue weighted by atomic mass is 9.81. The summed E-state index contributed by atoms with van der Waals surface area (Å²) in [5.41, 5.74) is -1.57. The van der Waals surface area contributed by atoms with Crippen LogP contribution in [0.15, 0.2) is 25.3 Å². The highest BCUT2D eigenvalue weighted by molar-refractivity contribution is 5.99. The van der Waals surface area contributed by atoms with E-state index < -0.39 is 17.4 Å². The molecule has 0 heterocycles. The number of carboxylic acid groups (broad SMARTS) is 1. The number of hydrogen-bond donors (Lipinski definition) is 1. The fourth-order valence-corrected chi connectivity index (χ4v) is 1.20. The topological polar surface area (TPSA) is 63.6 Å². The molecule has 0 unspecified atom stereocenters. The van der Waals surface area contributed by atoms with Gasteiger partial charge in [-0.1, -0.05) is 12.2 Å². The lowest BCUT2D eigenvalue weighted by Gasteiger charge is -2.23. The lowest BCUT2D eigenvalue weighted by molar-refractivity contribution is -0.166. The molecule has 0 rings (SSSR count). The minimum Gasteiger partial charge on any atom is -0.480 e. The van der Waals surface area contributed by atoms with E-state index in [-0.39, 0.29) is 12.8 Å². The summed E-state index contributed by atoms with van der Waals surface area (Å²) in [6.45, 7) is 6.84. The Morgan fingerprint density at radius 1 is 1.36 bits per heavy atom. The smallest absolute Gasteiger partial charge is 0.323 e. The summed E-state index contributed by atoms with van der Waals surface area (Å²) in [7, 11) is 1.16. The normalized spacial score (nSPS) is 10.4. The van der Waals surface area contributed by atoms with E-state index in [2.05, 4.69) is 17.9 Å². The van der Waals surface area contributed by atoms with E-state index in [4.69, 9.17) is 5.11 Å². The van der Waals surface area contributed by atoms with Crippen molar-refractivity contribution < 1.29 is 19.4 Å². The van der Waals surface area contributed by atoms with Crippen molar-refractivity contribution in [2.45, 2.75) is 12.8 Å². The molecule has 0 aromatic heterocycles. The number of methoxy groups -OCH3 is 1. The average Bonchev–Trinajstić information content (AvgIpc) is 2.15. The Morgan fingerprint density at radius 2 is 1.79 bits per heavy atom. The fraction of sp³-hybridized carbons (Fsp3) is 0.400. The van der Waals surface area contributed by atoms with Crippen LogP contribution in [0.3, 0.4) is 0 Å². The first-order chi connectivity index (χ1) is 6.55. The minimum absolute atomic E-state index is 0.0288. The van der Waals surface area contributed by atoms with E-state index in [9.17, 15) is 9.59 Å². The third-order valence-corrected chi connectivity index (χ3v) is 1.97. The van der Waals surface area contributed by atoms with Crippen LogP contribution in [0.1, 0.15) is 12.8 Å². The molecule has 0 aromatic carbocycles. The Hall–Kier alpha value is -1.58. The number of ether oxygens (including phenoxy) is 1. The van der Waals surface area contributed by atoms with Crippen LogP contribution < -0.4 is 0 Å². The van der Waals surface area contributed by atoms with Gasteiger partial charge in [0.15, 0.2) is 5.41 Å². The molecule has 4 heteroatoms. The second-order valence-corrected chi connectivity index (χ2v) is 2.86. The summed E-state index contributed by atoms with van der Waals surface area (Å²) >= 11 is 0. The maximum absolute atomic E-state index is 11.4. The van der Waals surface area contributed by atoms with Crippen LogP contribution in [0.4, 0.5) is 0 Å². The molecule has 78 valence electrons.